The third-order valence-electron chi connectivity index (χ3n) is 11.1. The van der Waals surface area contributed by atoms with Crippen LogP contribution in [0.2, 0.25) is 0 Å². The summed E-state index contributed by atoms with van der Waals surface area (Å²) in [5.74, 6) is 0. The molecule has 8 aromatic carbocycles. The average molecular weight is 700 g/mol. The van der Waals surface area contributed by atoms with Crippen LogP contribution in [0.4, 0.5) is 11.4 Å². The van der Waals surface area contributed by atoms with E-state index in [0.717, 1.165) is 82.8 Å². The van der Waals surface area contributed by atoms with Crippen LogP contribution in [0.1, 0.15) is 0 Å². The van der Waals surface area contributed by atoms with Crippen molar-refractivity contribution in [3.8, 4) is 28.2 Å². The summed E-state index contributed by atoms with van der Waals surface area (Å²) in [7, 11) is 0. The van der Waals surface area contributed by atoms with E-state index in [9.17, 15) is 0 Å². The molecule has 11 aromatic rings. The lowest BCUT2D eigenvalue weighted by Crippen LogP contribution is -1.99. The van der Waals surface area contributed by atoms with Gasteiger partial charge in [-0.05, 0) is 77.7 Å². The lowest BCUT2D eigenvalue weighted by molar-refractivity contribution is 1.17. The largest absolute Gasteiger partial charge is 0.310 e. The van der Waals surface area contributed by atoms with Gasteiger partial charge in [-0.1, -0.05) is 109 Å². The Balaban J connectivity index is 1.19. The van der Waals surface area contributed by atoms with Crippen molar-refractivity contribution in [2.75, 3.05) is 0 Å². The Morgan fingerprint density at radius 2 is 0.891 bits per heavy atom. The van der Waals surface area contributed by atoms with E-state index in [1.165, 1.54) is 10.8 Å². The zero-order chi connectivity index (χ0) is 36.6. The van der Waals surface area contributed by atoms with Crippen molar-refractivity contribution < 1.29 is 0 Å². The molecule has 0 aliphatic heterocycles. The number of benzene rings is 8. The van der Waals surface area contributed by atoms with Crippen LogP contribution in [0.5, 0.6) is 0 Å². The van der Waals surface area contributed by atoms with E-state index in [0.29, 0.717) is 11.4 Å². The maximum atomic E-state index is 8.39. The van der Waals surface area contributed by atoms with E-state index in [4.69, 9.17) is 13.1 Å². The Morgan fingerprint density at radius 1 is 0.364 bits per heavy atom. The molecule has 0 spiro atoms. The highest BCUT2D eigenvalue weighted by Crippen LogP contribution is 2.44. The number of rotatable bonds is 4. The summed E-state index contributed by atoms with van der Waals surface area (Å²) in [5.41, 5.74) is 12.6. The fourth-order valence-corrected chi connectivity index (χ4v) is 8.84. The predicted molar refractivity (Wildman–Crippen MR) is 227 cm³/mol. The van der Waals surface area contributed by atoms with Gasteiger partial charge in [-0.25, -0.2) is 9.69 Å². The second kappa shape index (κ2) is 11.8. The summed E-state index contributed by atoms with van der Waals surface area (Å²) < 4.78 is 7.00. The molecule has 3 aromatic heterocycles. The second-order valence-corrected chi connectivity index (χ2v) is 13.9. The molecule has 0 N–H and O–H groups in total. The molecule has 0 saturated carbocycles. The zero-order valence-electron chi connectivity index (χ0n) is 29.5. The van der Waals surface area contributed by atoms with E-state index >= 15 is 0 Å². The molecular formula is C50H29N5. The number of fused-ring (bicyclic) bond motifs is 9. The zero-order valence-corrected chi connectivity index (χ0v) is 29.5. The molecule has 0 fully saturated rings. The van der Waals surface area contributed by atoms with Crippen molar-refractivity contribution in [2.45, 2.75) is 0 Å². The Hall–Kier alpha value is -7.86. The van der Waals surface area contributed by atoms with Crippen LogP contribution in [0.25, 0.3) is 103 Å². The van der Waals surface area contributed by atoms with Crippen molar-refractivity contribution in [2.24, 2.45) is 0 Å². The predicted octanol–water partition coefficient (Wildman–Crippen LogP) is 13.7. The molecule has 11 rings (SSSR count). The van der Waals surface area contributed by atoms with Crippen LogP contribution in [-0.2, 0) is 0 Å². The van der Waals surface area contributed by atoms with E-state index in [1.807, 2.05) is 36.4 Å². The van der Waals surface area contributed by atoms with Gasteiger partial charge in [0.1, 0.15) is 0 Å². The van der Waals surface area contributed by atoms with E-state index in [2.05, 4.69) is 163 Å². The maximum absolute atomic E-state index is 8.39. The molecule has 3 heterocycles. The van der Waals surface area contributed by atoms with Gasteiger partial charge in [-0.15, -0.1) is 0 Å². The topological polar surface area (TPSA) is 23.5 Å². The van der Waals surface area contributed by atoms with Gasteiger partial charge in [-0.3, -0.25) is 0 Å². The van der Waals surface area contributed by atoms with Crippen molar-refractivity contribution in [3.05, 3.63) is 199 Å². The van der Waals surface area contributed by atoms with E-state index < -0.39 is 0 Å². The molecular weight excluding hydrogens is 671 g/mol. The van der Waals surface area contributed by atoms with Crippen molar-refractivity contribution in [1.82, 2.24) is 13.7 Å². The number of hydrogen-bond donors (Lipinski definition) is 0. The van der Waals surface area contributed by atoms with Gasteiger partial charge >= 0.3 is 0 Å². The van der Waals surface area contributed by atoms with Crippen molar-refractivity contribution >= 4 is 76.8 Å². The standard InChI is InChI=1S/C50H29N5/c1-51-33-28-29-45-39(31-33)37-18-5-7-21-41(37)53(45)34-15-11-14-32(30-34)49-40(52-2)20-12-25-46(49)55-44-24-10-6-19-38(44)50-47(26-13-27-48(50)55)54-42-22-8-3-16-35(42)36-17-4-9-23-43(36)54/h3-31H. The molecule has 0 amide bonds. The smallest absolute Gasteiger partial charge is 0.196 e. The third-order valence-corrected chi connectivity index (χ3v) is 11.1. The molecule has 0 radical (unpaired) electrons. The fourth-order valence-electron chi connectivity index (χ4n) is 8.84. The third kappa shape index (κ3) is 4.39. The van der Waals surface area contributed by atoms with Gasteiger partial charge in [0.15, 0.2) is 11.4 Å². The molecule has 0 atom stereocenters. The molecule has 0 aliphatic carbocycles. The summed E-state index contributed by atoms with van der Waals surface area (Å²) in [6.07, 6.45) is 0. The van der Waals surface area contributed by atoms with Gasteiger partial charge in [0.05, 0.1) is 51.9 Å². The van der Waals surface area contributed by atoms with Crippen LogP contribution < -0.4 is 0 Å². The number of nitrogens with zero attached hydrogens (tertiary/aromatic N) is 5. The first-order valence-electron chi connectivity index (χ1n) is 18.3. The number of aromatic nitrogens is 3. The van der Waals surface area contributed by atoms with Crippen LogP contribution in [0.3, 0.4) is 0 Å². The average Bonchev–Trinajstić information content (AvgIpc) is 3.89. The number of para-hydroxylation sites is 4. The summed E-state index contributed by atoms with van der Waals surface area (Å²) in [5, 5.41) is 6.89. The monoisotopic (exact) mass is 699 g/mol. The minimum atomic E-state index is 0.586. The minimum absolute atomic E-state index is 0.586. The molecule has 0 bridgehead atoms. The van der Waals surface area contributed by atoms with Gasteiger partial charge < -0.3 is 13.7 Å². The first-order chi connectivity index (χ1) is 27.2. The van der Waals surface area contributed by atoms with Gasteiger partial charge in [-0.2, -0.15) is 0 Å². The Labute approximate surface area is 316 Å². The lowest BCUT2D eigenvalue weighted by atomic mass is 10.00. The quantitative estimate of drug-likeness (QED) is 0.163. The van der Waals surface area contributed by atoms with Crippen molar-refractivity contribution in [3.63, 3.8) is 0 Å². The summed E-state index contributed by atoms with van der Waals surface area (Å²) >= 11 is 0. The highest BCUT2D eigenvalue weighted by molar-refractivity contribution is 6.17. The first-order valence-corrected chi connectivity index (χ1v) is 18.3. The van der Waals surface area contributed by atoms with Gasteiger partial charge in [0.2, 0.25) is 0 Å². The molecule has 0 unspecified atom stereocenters. The van der Waals surface area contributed by atoms with Crippen molar-refractivity contribution in [1.29, 1.82) is 0 Å². The molecule has 55 heavy (non-hydrogen) atoms. The van der Waals surface area contributed by atoms with Crippen LogP contribution >= 0.6 is 0 Å². The molecule has 254 valence electrons. The second-order valence-electron chi connectivity index (χ2n) is 13.9. The normalized spacial score (nSPS) is 11.6. The SMILES string of the molecule is [C-]#[N+]c1ccc2c(c1)c1ccccc1n2-c1cccc(-c2c([N+]#[C-])cccc2-n2c3ccccc3c3c(-n4c5ccccc5c5ccccc54)cccc32)c1. The minimum Gasteiger partial charge on any atom is -0.310 e. The lowest BCUT2D eigenvalue weighted by Gasteiger charge is -2.17. The summed E-state index contributed by atoms with van der Waals surface area (Å²) in [6.45, 7) is 16.0. The Morgan fingerprint density at radius 3 is 1.58 bits per heavy atom. The van der Waals surface area contributed by atoms with Crippen LogP contribution in [0.15, 0.2) is 176 Å². The molecule has 5 nitrogen and oxygen atoms in total. The fraction of sp³-hybridized carbons (Fsp3) is 0. The van der Waals surface area contributed by atoms with Gasteiger partial charge in [0, 0.05) is 43.9 Å². The highest BCUT2D eigenvalue weighted by Gasteiger charge is 2.22. The van der Waals surface area contributed by atoms with Gasteiger partial charge in [0.25, 0.3) is 0 Å². The highest BCUT2D eigenvalue weighted by atomic mass is 15.0. The van der Waals surface area contributed by atoms with Crippen LogP contribution in [0, 0.1) is 13.1 Å². The Bertz CT molecular complexity index is 3420. The maximum Gasteiger partial charge on any atom is 0.196 e. The van der Waals surface area contributed by atoms with E-state index in [1.54, 1.807) is 0 Å². The summed E-state index contributed by atoms with van der Waals surface area (Å²) in [4.78, 5) is 7.83. The molecule has 0 saturated heterocycles. The summed E-state index contributed by atoms with van der Waals surface area (Å²) in [6, 6.07) is 61.3. The van der Waals surface area contributed by atoms with Crippen LogP contribution in [-0.4, -0.2) is 13.7 Å². The molecule has 0 aliphatic rings. The Kier molecular flexibility index (Phi) is 6.61. The number of hydrogen-bond acceptors (Lipinski definition) is 0. The molecule has 5 heteroatoms. The van der Waals surface area contributed by atoms with E-state index in [-0.39, 0.29) is 0 Å². The first kappa shape index (κ1) is 30.7.